The highest BCUT2D eigenvalue weighted by Crippen LogP contribution is 2.20. The molecule has 0 fully saturated rings. The van der Waals surface area contributed by atoms with E-state index in [0.717, 1.165) is 0 Å². The maximum atomic E-state index is 12.1. The molecule has 0 aromatic carbocycles. The number of H-pyrrole nitrogens is 1. The van der Waals surface area contributed by atoms with E-state index in [-0.39, 0.29) is 5.91 Å². The second kappa shape index (κ2) is 5.15. The van der Waals surface area contributed by atoms with Crippen molar-refractivity contribution in [1.29, 1.82) is 0 Å². The topological polar surface area (TPSA) is 83.6 Å². The molecule has 0 unspecified atom stereocenters. The fourth-order valence-electron chi connectivity index (χ4n) is 1.49. The van der Waals surface area contributed by atoms with E-state index in [1.807, 2.05) is 0 Å². The number of amides is 1. The quantitative estimate of drug-likeness (QED) is 0.846. The van der Waals surface area contributed by atoms with Crippen molar-refractivity contribution >= 4 is 43.6 Å². The molecule has 0 saturated carbocycles. The first kappa shape index (κ1) is 13.2. The van der Waals surface area contributed by atoms with Gasteiger partial charge in [-0.25, -0.2) is 9.97 Å². The van der Waals surface area contributed by atoms with Gasteiger partial charge in [0.15, 0.2) is 5.82 Å². The third-order valence-electron chi connectivity index (χ3n) is 2.29. The van der Waals surface area contributed by atoms with Gasteiger partial charge in [-0.15, -0.1) is 0 Å². The number of aromatic amines is 1. The van der Waals surface area contributed by atoms with Gasteiger partial charge in [-0.1, -0.05) is 0 Å². The zero-order valence-corrected chi connectivity index (χ0v) is 12.8. The van der Waals surface area contributed by atoms with Crippen molar-refractivity contribution in [3.63, 3.8) is 0 Å². The van der Waals surface area contributed by atoms with Gasteiger partial charge in [0.25, 0.3) is 5.91 Å². The molecule has 0 spiro atoms. The van der Waals surface area contributed by atoms with E-state index in [9.17, 15) is 4.79 Å². The molecular weight excluding hydrogens is 366 g/mol. The van der Waals surface area contributed by atoms with Crippen LogP contribution < -0.4 is 5.32 Å². The van der Waals surface area contributed by atoms with Crippen molar-refractivity contribution in [2.24, 2.45) is 0 Å². The third kappa shape index (κ3) is 2.59. The number of aromatic nitrogens is 4. The number of hydrogen-bond donors (Lipinski definition) is 2. The largest absolute Gasteiger partial charge is 0.304 e. The van der Waals surface area contributed by atoms with Gasteiger partial charge in [-0.3, -0.25) is 9.89 Å². The molecule has 2 N–H and O–H groups in total. The molecule has 94 valence electrons. The van der Waals surface area contributed by atoms with Crippen LogP contribution in [-0.2, 0) is 0 Å². The lowest BCUT2D eigenvalue weighted by molar-refractivity contribution is 0.102. The summed E-state index contributed by atoms with van der Waals surface area (Å²) in [7, 11) is 0. The first-order valence-corrected chi connectivity index (χ1v) is 6.58. The Labute approximate surface area is 120 Å². The Bertz CT molecular complexity index is 591. The molecule has 6 nitrogen and oxygen atoms in total. The van der Waals surface area contributed by atoms with E-state index in [1.165, 1.54) is 6.20 Å². The molecule has 1 amide bonds. The van der Waals surface area contributed by atoms with E-state index in [0.29, 0.717) is 32.0 Å². The minimum absolute atomic E-state index is 0.268. The zero-order chi connectivity index (χ0) is 13.3. The van der Waals surface area contributed by atoms with E-state index in [2.05, 4.69) is 57.3 Å². The molecule has 0 bridgehead atoms. The lowest BCUT2D eigenvalue weighted by Gasteiger charge is -2.06. The number of rotatable bonds is 2. The number of carbonyl (C=O) groups is 1. The van der Waals surface area contributed by atoms with Crippen LogP contribution in [0.25, 0.3) is 0 Å². The number of aryl methyl sites for hydroxylation is 2. The second-order valence-corrected chi connectivity index (χ2v) is 5.16. The number of nitrogens with one attached hydrogen (secondary N) is 2. The fourth-order valence-corrected chi connectivity index (χ4v) is 2.40. The monoisotopic (exact) mass is 373 g/mol. The summed E-state index contributed by atoms with van der Waals surface area (Å²) in [6, 6.07) is 0. The molecule has 18 heavy (non-hydrogen) atoms. The van der Waals surface area contributed by atoms with Gasteiger partial charge in [-0.05, 0) is 45.7 Å². The van der Waals surface area contributed by atoms with Gasteiger partial charge < -0.3 is 5.32 Å². The lowest BCUT2D eigenvalue weighted by atomic mass is 10.2. The highest BCUT2D eigenvalue weighted by atomic mass is 79.9. The third-order valence-corrected chi connectivity index (χ3v) is 3.22. The summed E-state index contributed by atoms with van der Waals surface area (Å²) < 4.78 is 1.05. The van der Waals surface area contributed by atoms with Crippen molar-refractivity contribution in [2.45, 2.75) is 13.8 Å². The molecule has 0 aliphatic carbocycles. The van der Waals surface area contributed by atoms with Crippen molar-refractivity contribution in [3.8, 4) is 0 Å². The van der Waals surface area contributed by atoms with Gasteiger partial charge in [-0.2, -0.15) is 5.10 Å². The summed E-state index contributed by atoms with van der Waals surface area (Å²) >= 11 is 6.43. The predicted molar refractivity (Wildman–Crippen MR) is 73.4 cm³/mol. The Morgan fingerprint density at radius 3 is 2.67 bits per heavy atom. The van der Waals surface area contributed by atoms with Crippen molar-refractivity contribution < 1.29 is 4.79 Å². The molecule has 0 aliphatic rings. The minimum Gasteiger partial charge on any atom is -0.304 e. The highest BCUT2D eigenvalue weighted by Gasteiger charge is 2.17. The normalized spacial score (nSPS) is 10.4. The van der Waals surface area contributed by atoms with Crippen molar-refractivity contribution in [2.75, 3.05) is 5.32 Å². The Balaban J connectivity index is 2.27. The average Bonchev–Trinajstić information content (AvgIpc) is 2.62. The molecule has 0 atom stereocenters. The number of hydrogen-bond acceptors (Lipinski definition) is 4. The molecule has 2 heterocycles. The first-order chi connectivity index (χ1) is 8.49. The first-order valence-electron chi connectivity index (χ1n) is 5.00. The van der Waals surface area contributed by atoms with Crippen LogP contribution in [-0.4, -0.2) is 26.1 Å². The van der Waals surface area contributed by atoms with Crippen LogP contribution in [0.1, 0.15) is 21.7 Å². The summed E-state index contributed by atoms with van der Waals surface area (Å²) in [6.07, 6.45) is 1.51. The average molecular weight is 375 g/mol. The SMILES string of the molecule is Cc1n[nH]c(C)c1C(=O)Nc1ncc(Br)nc1Br. The summed E-state index contributed by atoms with van der Waals surface area (Å²) in [5, 5.41) is 9.42. The molecule has 0 radical (unpaired) electrons. The van der Waals surface area contributed by atoms with Crippen LogP contribution in [0.4, 0.5) is 5.82 Å². The van der Waals surface area contributed by atoms with Crippen LogP contribution in [0, 0.1) is 13.8 Å². The molecule has 0 aliphatic heterocycles. The molecule has 8 heteroatoms. The minimum atomic E-state index is -0.268. The summed E-state index contributed by atoms with van der Waals surface area (Å²) in [5.74, 6) is 0.0965. The Morgan fingerprint density at radius 2 is 2.11 bits per heavy atom. The zero-order valence-electron chi connectivity index (χ0n) is 9.58. The van der Waals surface area contributed by atoms with E-state index >= 15 is 0 Å². The summed E-state index contributed by atoms with van der Waals surface area (Å²) in [5.41, 5.74) is 1.88. The fraction of sp³-hybridized carbons (Fsp3) is 0.200. The molecule has 2 aromatic rings. The van der Waals surface area contributed by atoms with Crippen LogP contribution in [0.5, 0.6) is 0 Å². The van der Waals surface area contributed by atoms with Gasteiger partial charge in [0, 0.05) is 5.69 Å². The van der Waals surface area contributed by atoms with Crippen LogP contribution in [0.15, 0.2) is 15.4 Å². The van der Waals surface area contributed by atoms with E-state index < -0.39 is 0 Å². The summed E-state index contributed by atoms with van der Waals surface area (Å²) in [6.45, 7) is 3.55. The Morgan fingerprint density at radius 1 is 1.39 bits per heavy atom. The maximum Gasteiger partial charge on any atom is 0.260 e. The van der Waals surface area contributed by atoms with Gasteiger partial charge in [0.1, 0.15) is 9.21 Å². The van der Waals surface area contributed by atoms with Crippen molar-refractivity contribution in [1.82, 2.24) is 20.2 Å². The second-order valence-electron chi connectivity index (χ2n) is 3.60. The lowest BCUT2D eigenvalue weighted by Crippen LogP contribution is -2.15. The van der Waals surface area contributed by atoms with Gasteiger partial charge >= 0.3 is 0 Å². The van der Waals surface area contributed by atoms with Crippen LogP contribution in [0.3, 0.4) is 0 Å². The summed E-state index contributed by atoms with van der Waals surface area (Å²) in [4.78, 5) is 20.2. The standard InChI is InChI=1S/C10H9Br2N5O/c1-4-7(5(2)17-16-4)10(18)15-9-8(12)14-6(11)3-13-9/h3H,1-2H3,(H,16,17)(H,13,15,18). The number of nitrogens with zero attached hydrogens (tertiary/aromatic N) is 3. The molecule has 2 rings (SSSR count). The van der Waals surface area contributed by atoms with Crippen LogP contribution >= 0.6 is 31.9 Å². The number of anilines is 1. The highest BCUT2D eigenvalue weighted by molar-refractivity contribution is 9.11. The maximum absolute atomic E-state index is 12.1. The number of carbonyl (C=O) groups excluding carboxylic acids is 1. The number of halogens is 2. The van der Waals surface area contributed by atoms with Crippen molar-refractivity contribution in [3.05, 3.63) is 32.4 Å². The van der Waals surface area contributed by atoms with E-state index in [1.54, 1.807) is 13.8 Å². The Hall–Kier alpha value is -1.28. The molecule has 0 saturated heterocycles. The predicted octanol–water partition coefficient (Wildman–Crippen LogP) is 2.59. The van der Waals surface area contributed by atoms with Gasteiger partial charge in [0.2, 0.25) is 0 Å². The van der Waals surface area contributed by atoms with Gasteiger partial charge in [0.05, 0.1) is 17.5 Å². The molecule has 2 aromatic heterocycles. The molecular formula is C10H9Br2N5O. The van der Waals surface area contributed by atoms with Crippen LogP contribution in [0.2, 0.25) is 0 Å². The smallest absolute Gasteiger partial charge is 0.260 e. The Kier molecular flexibility index (Phi) is 3.76. The van der Waals surface area contributed by atoms with E-state index in [4.69, 9.17) is 0 Å².